The number of aromatic nitrogens is 4. The van der Waals surface area contributed by atoms with Crippen molar-refractivity contribution in [2.24, 2.45) is 7.05 Å². The van der Waals surface area contributed by atoms with Gasteiger partial charge in [-0.15, -0.1) is 0 Å². The molecule has 0 aliphatic carbocycles. The molecule has 0 atom stereocenters. The normalized spacial score (nSPS) is 10.5. The molecule has 25 heavy (non-hydrogen) atoms. The van der Waals surface area contributed by atoms with Crippen LogP contribution in [0.4, 0.5) is 4.39 Å². The molecule has 1 N–H and O–H groups in total. The summed E-state index contributed by atoms with van der Waals surface area (Å²) in [7, 11) is 1.56. The van der Waals surface area contributed by atoms with E-state index in [1.807, 2.05) is 0 Å². The highest BCUT2D eigenvalue weighted by molar-refractivity contribution is 5.94. The fourth-order valence-electron chi connectivity index (χ4n) is 2.21. The first-order valence-electron chi connectivity index (χ1n) is 7.41. The molecule has 0 aliphatic rings. The van der Waals surface area contributed by atoms with Crippen LogP contribution in [-0.4, -0.2) is 25.4 Å². The largest absolute Gasteiger partial charge is 0.345 e. The Bertz CT molecular complexity index is 972. The summed E-state index contributed by atoms with van der Waals surface area (Å²) >= 11 is 0. The number of nitrogens with zero attached hydrogens (tertiary/aromatic N) is 4. The molecule has 8 heteroatoms. The zero-order valence-corrected chi connectivity index (χ0v) is 13.3. The third-order valence-corrected chi connectivity index (χ3v) is 3.57. The van der Waals surface area contributed by atoms with Crippen LogP contribution in [0.1, 0.15) is 16.2 Å². The number of benzene rings is 1. The van der Waals surface area contributed by atoms with Crippen LogP contribution in [0.2, 0.25) is 0 Å². The second-order valence-electron chi connectivity index (χ2n) is 5.24. The summed E-state index contributed by atoms with van der Waals surface area (Å²) in [6, 6.07) is 8.35. The molecule has 7 nitrogen and oxygen atoms in total. The van der Waals surface area contributed by atoms with E-state index in [2.05, 4.69) is 20.3 Å². The fraction of sp³-hybridized carbons (Fsp3) is 0.118. The molecule has 0 spiro atoms. The molecule has 2 aromatic heterocycles. The lowest BCUT2D eigenvalue weighted by Gasteiger charge is -2.10. The summed E-state index contributed by atoms with van der Waals surface area (Å²) in [6.07, 6.45) is 2.91. The lowest BCUT2D eigenvalue weighted by Crippen LogP contribution is -2.29. The topological polar surface area (TPSA) is 89.8 Å². The van der Waals surface area contributed by atoms with E-state index in [1.54, 1.807) is 19.3 Å². The van der Waals surface area contributed by atoms with E-state index in [0.717, 1.165) is 6.07 Å². The number of carbonyl (C=O) groups excluding carboxylic acids is 1. The van der Waals surface area contributed by atoms with Gasteiger partial charge in [0.25, 0.3) is 11.5 Å². The zero-order chi connectivity index (χ0) is 17.8. The van der Waals surface area contributed by atoms with Crippen molar-refractivity contribution in [1.82, 2.24) is 24.8 Å². The molecule has 3 rings (SSSR count). The number of hydrogen-bond acceptors (Lipinski definition) is 5. The van der Waals surface area contributed by atoms with Crippen LogP contribution in [0.25, 0.3) is 11.4 Å². The SMILES string of the molecule is Cn1c(CNC(=O)c2cccc(F)c2)nc(-c2ccncn2)cc1=O. The smallest absolute Gasteiger partial charge is 0.253 e. The Hall–Kier alpha value is -3.42. The predicted molar refractivity (Wildman–Crippen MR) is 88.1 cm³/mol. The summed E-state index contributed by atoms with van der Waals surface area (Å²) in [4.78, 5) is 36.5. The van der Waals surface area contributed by atoms with Crippen LogP contribution >= 0.6 is 0 Å². The molecule has 3 aromatic rings. The number of amides is 1. The highest BCUT2D eigenvalue weighted by Gasteiger charge is 2.11. The lowest BCUT2D eigenvalue weighted by molar-refractivity contribution is 0.0949. The monoisotopic (exact) mass is 339 g/mol. The first kappa shape index (κ1) is 16.4. The average Bonchev–Trinajstić information content (AvgIpc) is 2.63. The van der Waals surface area contributed by atoms with Gasteiger partial charge in [-0.2, -0.15) is 0 Å². The Labute approximate surface area is 142 Å². The van der Waals surface area contributed by atoms with Gasteiger partial charge in [-0.25, -0.2) is 19.3 Å². The van der Waals surface area contributed by atoms with E-state index in [0.29, 0.717) is 17.2 Å². The maximum Gasteiger partial charge on any atom is 0.253 e. The molecule has 0 bridgehead atoms. The van der Waals surface area contributed by atoms with Crippen molar-refractivity contribution in [3.8, 4) is 11.4 Å². The summed E-state index contributed by atoms with van der Waals surface area (Å²) in [6.45, 7) is 0.0139. The van der Waals surface area contributed by atoms with Gasteiger partial charge in [-0.05, 0) is 24.3 Å². The first-order chi connectivity index (χ1) is 12.0. The van der Waals surface area contributed by atoms with Crippen molar-refractivity contribution in [1.29, 1.82) is 0 Å². The Morgan fingerprint density at radius 3 is 2.80 bits per heavy atom. The van der Waals surface area contributed by atoms with Crippen LogP contribution in [-0.2, 0) is 13.6 Å². The Morgan fingerprint density at radius 1 is 1.24 bits per heavy atom. The van der Waals surface area contributed by atoms with Gasteiger partial charge in [0.2, 0.25) is 0 Å². The van der Waals surface area contributed by atoms with Crippen LogP contribution < -0.4 is 10.9 Å². The van der Waals surface area contributed by atoms with Crippen LogP contribution in [0, 0.1) is 5.82 Å². The van der Waals surface area contributed by atoms with Crippen LogP contribution in [0.15, 0.2) is 53.7 Å². The second kappa shape index (κ2) is 7.00. The first-order valence-corrected chi connectivity index (χ1v) is 7.41. The van der Waals surface area contributed by atoms with E-state index in [1.165, 1.54) is 35.2 Å². The molecule has 1 amide bonds. The number of hydrogen-bond donors (Lipinski definition) is 1. The number of carbonyl (C=O) groups is 1. The molecular weight excluding hydrogens is 325 g/mol. The number of nitrogens with one attached hydrogen (secondary N) is 1. The molecular formula is C17H14FN5O2. The summed E-state index contributed by atoms with van der Waals surface area (Å²) in [5.41, 5.74) is 0.807. The molecule has 0 saturated carbocycles. The van der Waals surface area contributed by atoms with Gasteiger partial charge < -0.3 is 5.32 Å². The molecule has 0 fully saturated rings. The maximum atomic E-state index is 13.2. The molecule has 126 valence electrons. The predicted octanol–water partition coefficient (Wildman–Crippen LogP) is 1.31. The fourth-order valence-corrected chi connectivity index (χ4v) is 2.21. The van der Waals surface area contributed by atoms with Crippen molar-refractivity contribution in [2.45, 2.75) is 6.54 Å². The summed E-state index contributed by atoms with van der Waals surface area (Å²) in [5.74, 6) is -0.601. The van der Waals surface area contributed by atoms with Crippen LogP contribution in [0.3, 0.4) is 0 Å². The Kier molecular flexibility index (Phi) is 4.60. The van der Waals surface area contributed by atoms with E-state index >= 15 is 0 Å². The molecule has 0 unspecified atom stereocenters. The quantitative estimate of drug-likeness (QED) is 0.774. The molecule has 1 aromatic carbocycles. The van der Waals surface area contributed by atoms with Crippen molar-refractivity contribution in [2.75, 3.05) is 0 Å². The van der Waals surface area contributed by atoms with E-state index in [-0.39, 0.29) is 17.7 Å². The van der Waals surface area contributed by atoms with Gasteiger partial charge in [0.1, 0.15) is 18.0 Å². The molecule has 0 saturated heterocycles. The van der Waals surface area contributed by atoms with Crippen molar-refractivity contribution in [3.05, 3.63) is 76.5 Å². The van der Waals surface area contributed by atoms with Gasteiger partial charge in [-0.3, -0.25) is 14.2 Å². The highest BCUT2D eigenvalue weighted by atomic mass is 19.1. The van der Waals surface area contributed by atoms with Gasteiger partial charge in [-0.1, -0.05) is 6.07 Å². The summed E-state index contributed by atoms with van der Waals surface area (Å²) < 4.78 is 14.5. The maximum absolute atomic E-state index is 13.2. The van der Waals surface area contributed by atoms with Gasteiger partial charge in [0.15, 0.2) is 0 Å². The molecule has 0 aliphatic heterocycles. The Balaban J connectivity index is 1.84. The van der Waals surface area contributed by atoms with Gasteiger partial charge in [0, 0.05) is 24.9 Å². The summed E-state index contributed by atoms with van der Waals surface area (Å²) in [5, 5.41) is 2.63. The zero-order valence-electron chi connectivity index (χ0n) is 13.3. The van der Waals surface area contributed by atoms with Crippen molar-refractivity contribution >= 4 is 5.91 Å². The van der Waals surface area contributed by atoms with Gasteiger partial charge in [0.05, 0.1) is 17.9 Å². The third-order valence-electron chi connectivity index (χ3n) is 3.57. The molecule has 2 heterocycles. The average molecular weight is 339 g/mol. The van der Waals surface area contributed by atoms with Gasteiger partial charge >= 0.3 is 0 Å². The minimum absolute atomic E-state index is 0.0139. The van der Waals surface area contributed by atoms with E-state index < -0.39 is 11.7 Å². The van der Waals surface area contributed by atoms with Crippen LogP contribution in [0.5, 0.6) is 0 Å². The minimum Gasteiger partial charge on any atom is -0.345 e. The van der Waals surface area contributed by atoms with E-state index in [4.69, 9.17) is 0 Å². The second-order valence-corrected chi connectivity index (χ2v) is 5.24. The van der Waals surface area contributed by atoms with E-state index in [9.17, 15) is 14.0 Å². The standard InChI is InChI=1S/C17H14FN5O2/c1-23-15(9-20-17(25)11-3-2-4-12(18)7-11)22-14(8-16(23)24)13-5-6-19-10-21-13/h2-8,10H,9H2,1H3,(H,20,25). The van der Waals surface area contributed by atoms with Crippen molar-refractivity contribution in [3.63, 3.8) is 0 Å². The lowest BCUT2D eigenvalue weighted by atomic mass is 10.2. The highest BCUT2D eigenvalue weighted by Crippen LogP contribution is 2.11. The minimum atomic E-state index is -0.496. The number of halogens is 1. The Morgan fingerprint density at radius 2 is 2.08 bits per heavy atom. The third kappa shape index (κ3) is 3.74. The number of rotatable bonds is 4. The molecule has 0 radical (unpaired) electrons. The van der Waals surface area contributed by atoms with Crippen molar-refractivity contribution < 1.29 is 9.18 Å².